The van der Waals surface area contributed by atoms with Crippen LogP contribution in [0.15, 0.2) is 47.1 Å². The summed E-state index contributed by atoms with van der Waals surface area (Å²) in [5.74, 6) is 1.44. The Morgan fingerprint density at radius 2 is 1.90 bits per heavy atom. The number of carbonyl (C=O) groups excluding carboxylic acids is 1. The average Bonchev–Trinajstić information content (AvgIpc) is 3.24. The summed E-state index contributed by atoms with van der Waals surface area (Å²) in [5.41, 5.74) is 4.66. The molecule has 0 saturated carbocycles. The van der Waals surface area contributed by atoms with E-state index in [0.29, 0.717) is 18.3 Å². The lowest BCUT2D eigenvalue weighted by molar-refractivity contribution is -0.127. The highest BCUT2D eigenvalue weighted by Crippen LogP contribution is 2.28. The van der Waals surface area contributed by atoms with Crippen molar-refractivity contribution < 1.29 is 9.21 Å². The summed E-state index contributed by atoms with van der Waals surface area (Å²) in [6.45, 7) is 7.30. The fraction of sp³-hybridized carbons (Fsp3) is 0.333. The van der Waals surface area contributed by atoms with Crippen LogP contribution in [0.1, 0.15) is 47.3 Å². The Morgan fingerprint density at radius 1 is 1.13 bits per heavy atom. The number of furan rings is 1. The van der Waals surface area contributed by atoms with Crippen LogP contribution in [0.2, 0.25) is 0 Å². The van der Waals surface area contributed by atoms with Gasteiger partial charge in [-0.25, -0.2) is 9.97 Å². The number of pyridine rings is 1. The van der Waals surface area contributed by atoms with Gasteiger partial charge in [0.15, 0.2) is 0 Å². The zero-order chi connectivity index (χ0) is 21.8. The van der Waals surface area contributed by atoms with E-state index >= 15 is 0 Å². The molecule has 160 valence electrons. The maximum atomic E-state index is 12.7. The Kier molecular flexibility index (Phi) is 6.11. The molecule has 1 aliphatic heterocycles. The number of nitrogens with zero attached hydrogens (tertiary/aromatic N) is 4. The molecule has 7 heteroatoms. The summed E-state index contributed by atoms with van der Waals surface area (Å²) in [4.78, 5) is 28.2. The van der Waals surface area contributed by atoms with Gasteiger partial charge in [-0.15, -0.1) is 0 Å². The number of hydrogen-bond acceptors (Lipinski definition) is 6. The van der Waals surface area contributed by atoms with Gasteiger partial charge in [0.1, 0.15) is 5.76 Å². The van der Waals surface area contributed by atoms with Gasteiger partial charge >= 0.3 is 0 Å². The molecule has 1 amide bonds. The molecule has 1 unspecified atom stereocenters. The normalized spacial score (nSPS) is 16.6. The van der Waals surface area contributed by atoms with Crippen molar-refractivity contribution >= 4 is 23.6 Å². The fourth-order valence-electron chi connectivity index (χ4n) is 3.95. The van der Waals surface area contributed by atoms with Crippen LogP contribution >= 0.6 is 0 Å². The number of hydrogen-bond donors (Lipinski definition) is 1. The molecular formula is C24H27N5O2. The second-order valence-corrected chi connectivity index (χ2v) is 7.99. The molecule has 4 rings (SSSR count). The number of nitrogens with one attached hydrogen (secondary N) is 1. The van der Waals surface area contributed by atoms with E-state index in [9.17, 15) is 4.79 Å². The molecule has 1 atom stereocenters. The molecule has 0 radical (unpaired) electrons. The second-order valence-electron chi connectivity index (χ2n) is 7.99. The minimum absolute atomic E-state index is 0.00395. The van der Waals surface area contributed by atoms with E-state index in [1.807, 2.05) is 49.9 Å². The van der Waals surface area contributed by atoms with Crippen molar-refractivity contribution in [3.63, 3.8) is 0 Å². The molecule has 1 N–H and O–H groups in total. The summed E-state index contributed by atoms with van der Waals surface area (Å²) in [5, 5.41) is 3.31. The van der Waals surface area contributed by atoms with Crippen LogP contribution in [0, 0.1) is 20.8 Å². The number of carbonyl (C=O) groups is 1. The molecule has 4 heterocycles. The van der Waals surface area contributed by atoms with Gasteiger partial charge in [-0.1, -0.05) is 0 Å². The lowest BCUT2D eigenvalue weighted by atomic mass is 9.93. The Bertz CT molecular complexity index is 1070. The van der Waals surface area contributed by atoms with Gasteiger partial charge in [-0.05, 0) is 70.0 Å². The van der Waals surface area contributed by atoms with Gasteiger partial charge in [0, 0.05) is 53.5 Å². The van der Waals surface area contributed by atoms with Crippen molar-refractivity contribution in [1.82, 2.24) is 19.9 Å². The van der Waals surface area contributed by atoms with E-state index < -0.39 is 0 Å². The Labute approximate surface area is 182 Å². The standard InChI is InChI=1S/C24H27N5O2/c1-16-12-17(2)27-24(26-16)28-20-13-18(3)25-22(14-20)19-6-4-10-29(15-19)23(30)9-8-21-7-5-11-31-21/h5,7-9,11-14,19H,4,6,10,15H2,1-3H3,(H,25,26,27,28)/b9-8+. The highest BCUT2D eigenvalue weighted by atomic mass is 16.3. The van der Waals surface area contributed by atoms with E-state index in [-0.39, 0.29) is 11.8 Å². The molecule has 0 aromatic carbocycles. The van der Waals surface area contributed by atoms with Gasteiger partial charge in [-0.2, -0.15) is 0 Å². The molecule has 7 nitrogen and oxygen atoms in total. The second kappa shape index (κ2) is 9.12. The largest absolute Gasteiger partial charge is 0.465 e. The van der Waals surface area contributed by atoms with Crippen LogP contribution in [0.5, 0.6) is 0 Å². The van der Waals surface area contributed by atoms with Gasteiger partial charge in [0.05, 0.1) is 6.26 Å². The van der Waals surface area contributed by atoms with Crippen molar-refractivity contribution in [1.29, 1.82) is 0 Å². The minimum Gasteiger partial charge on any atom is -0.465 e. The van der Waals surface area contributed by atoms with Gasteiger partial charge < -0.3 is 14.6 Å². The first-order valence-electron chi connectivity index (χ1n) is 10.5. The molecule has 1 saturated heterocycles. The van der Waals surface area contributed by atoms with E-state index in [1.54, 1.807) is 24.5 Å². The van der Waals surface area contributed by atoms with Crippen molar-refractivity contribution in [2.75, 3.05) is 18.4 Å². The predicted molar refractivity (Wildman–Crippen MR) is 120 cm³/mol. The monoisotopic (exact) mass is 417 g/mol. The number of likely N-dealkylation sites (tertiary alicyclic amines) is 1. The van der Waals surface area contributed by atoms with Crippen LogP contribution in [0.25, 0.3) is 6.08 Å². The smallest absolute Gasteiger partial charge is 0.246 e. The lowest BCUT2D eigenvalue weighted by Gasteiger charge is -2.32. The third-order valence-corrected chi connectivity index (χ3v) is 5.30. The number of piperidine rings is 1. The molecule has 0 bridgehead atoms. The number of aromatic nitrogens is 3. The molecule has 1 aliphatic rings. The van der Waals surface area contributed by atoms with Crippen molar-refractivity contribution in [2.45, 2.75) is 39.5 Å². The quantitative estimate of drug-likeness (QED) is 0.613. The number of aryl methyl sites for hydroxylation is 3. The van der Waals surface area contributed by atoms with Gasteiger partial charge in [-0.3, -0.25) is 9.78 Å². The third kappa shape index (κ3) is 5.36. The summed E-state index contributed by atoms with van der Waals surface area (Å²) in [6, 6.07) is 9.61. The Hall–Kier alpha value is -3.48. The predicted octanol–water partition coefficient (Wildman–Crippen LogP) is 4.55. The summed E-state index contributed by atoms with van der Waals surface area (Å²) >= 11 is 0. The number of amides is 1. The van der Waals surface area contributed by atoms with Crippen LogP contribution in [0.4, 0.5) is 11.6 Å². The topological polar surface area (TPSA) is 84.2 Å². The minimum atomic E-state index is -0.00395. The van der Waals surface area contributed by atoms with E-state index in [0.717, 1.165) is 47.8 Å². The molecule has 3 aromatic heterocycles. The highest BCUT2D eigenvalue weighted by Gasteiger charge is 2.25. The van der Waals surface area contributed by atoms with E-state index in [2.05, 4.69) is 15.3 Å². The molecule has 3 aromatic rings. The Morgan fingerprint density at radius 3 is 2.65 bits per heavy atom. The third-order valence-electron chi connectivity index (χ3n) is 5.30. The maximum Gasteiger partial charge on any atom is 0.246 e. The van der Waals surface area contributed by atoms with Crippen LogP contribution in [-0.4, -0.2) is 38.8 Å². The number of anilines is 2. The first-order chi connectivity index (χ1) is 15.0. The van der Waals surface area contributed by atoms with Crippen LogP contribution in [-0.2, 0) is 4.79 Å². The van der Waals surface area contributed by atoms with Crippen LogP contribution in [0.3, 0.4) is 0 Å². The molecular weight excluding hydrogens is 390 g/mol. The first-order valence-corrected chi connectivity index (χ1v) is 10.5. The van der Waals surface area contributed by atoms with Gasteiger partial charge in [0.2, 0.25) is 11.9 Å². The van der Waals surface area contributed by atoms with E-state index in [4.69, 9.17) is 9.40 Å². The van der Waals surface area contributed by atoms with Gasteiger partial charge in [0.25, 0.3) is 0 Å². The number of rotatable bonds is 5. The van der Waals surface area contributed by atoms with Crippen molar-refractivity contribution in [3.8, 4) is 0 Å². The first kappa shape index (κ1) is 20.8. The molecule has 0 spiro atoms. The molecule has 0 aliphatic carbocycles. The highest BCUT2D eigenvalue weighted by molar-refractivity contribution is 5.91. The average molecular weight is 418 g/mol. The zero-order valence-corrected chi connectivity index (χ0v) is 18.1. The van der Waals surface area contributed by atoms with Crippen LogP contribution < -0.4 is 5.32 Å². The maximum absolute atomic E-state index is 12.7. The summed E-state index contributed by atoms with van der Waals surface area (Å²) in [6.07, 6.45) is 6.84. The molecule has 31 heavy (non-hydrogen) atoms. The van der Waals surface area contributed by atoms with E-state index in [1.165, 1.54) is 0 Å². The van der Waals surface area contributed by atoms with Crippen molar-refractivity contribution in [3.05, 3.63) is 71.2 Å². The zero-order valence-electron chi connectivity index (χ0n) is 18.1. The SMILES string of the molecule is Cc1cc(Nc2nc(C)cc(C)n2)cc(C2CCCN(C(=O)/C=C/c3ccco3)C2)n1. The van der Waals surface area contributed by atoms with Crippen molar-refractivity contribution in [2.24, 2.45) is 0 Å². The fourth-order valence-corrected chi connectivity index (χ4v) is 3.95. The summed E-state index contributed by atoms with van der Waals surface area (Å²) < 4.78 is 5.27. The summed E-state index contributed by atoms with van der Waals surface area (Å²) in [7, 11) is 0. The Balaban J connectivity index is 1.48. The lowest BCUT2D eigenvalue weighted by Crippen LogP contribution is -2.38. The molecule has 1 fully saturated rings.